The van der Waals surface area contributed by atoms with Gasteiger partial charge in [-0.3, -0.25) is 0 Å². The molecule has 2 atom stereocenters. The number of benzene rings is 1. The molecule has 2 N–H and O–H groups in total. The Labute approximate surface area is 104 Å². The van der Waals surface area contributed by atoms with E-state index in [1.807, 2.05) is 30.3 Å². The van der Waals surface area contributed by atoms with Gasteiger partial charge in [0.1, 0.15) is 18.0 Å². The summed E-state index contributed by atoms with van der Waals surface area (Å²) in [4.78, 5) is 14.7. The normalized spacial score (nSPS) is 14.2. The van der Waals surface area contributed by atoms with Crippen molar-refractivity contribution in [2.75, 3.05) is 0 Å². The van der Waals surface area contributed by atoms with E-state index in [1.165, 1.54) is 0 Å². The fourth-order valence-electron chi connectivity index (χ4n) is 1.73. The average Bonchev–Trinajstić information content (AvgIpc) is 2.80. The molecule has 0 radical (unpaired) electrons. The van der Waals surface area contributed by atoms with Crippen molar-refractivity contribution in [1.29, 1.82) is 0 Å². The first-order valence-electron chi connectivity index (χ1n) is 5.53. The van der Waals surface area contributed by atoms with E-state index in [0.717, 1.165) is 5.56 Å². The van der Waals surface area contributed by atoms with Gasteiger partial charge >= 0.3 is 0 Å². The third-order valence-electron chi connectivity index (χ3n) is 2.71. The van der Waals surface area contributed by atoms with Crippen LogP contribution >= 0.6 is 0 Å². The summed E-state index contributed by atoms with van der Waals surface area (Å²) in [6.45, 7) is 0. The van der Waals surface area contributed by atoms with E-state index in [-0.39, 0.29) is 5.82 Å². The number of imidazole rings is 1. The van der Waals surface area contributed by atoms with Crippen LogP contribution in [0, 0.1) is 0 Å². The van der Waals surface area contributed by atoms with Gasteiger partial charge in [0.15, 0.2) is 6.29 Å². The zero-order valence-electron chi connectivity index (χ0n) is 9.89. The molecular weight excluding hydrogens is 232 g/mol. The maximum Gasteiger partial charge on any atom is 0.151 e. The van der Waals surface area contributed by atoms with Crippen molar-refractivity contribution >= 4 is 6.29 Å². The van der Waals surface area contributed by atoms with E-state index in [9.17, 15) is 15.0 Å². The molecule has 5 heteroatoms. The Morgan fingerprint density at radius 3 is 2.56 bits per heavy atom. The first-order valence-corrected chi connectivity index (χ1v) is 5.53. The summed E-state index contributed by atoms with van der Waals surface area (Å²) in [6, 6.07) is 9.47. The van der Waals surface area contributed by atoms with Gasteiger partial charge in [-0.05, 0) is 0 Å². The zero-order valence-corrected chi connectivity index (χ0v) is 9.89. The fourth-order valence-corrected chi connectivity index (χ4v) is 1.73. The van der Waals surface area contributed by atoms with Crippen LogP contribution < -0.4 is 0 Å². The van der Waals surface area contributed by atoms with Gasteiger partial charge in [-0.15, -0.1) is 0 Å². The van der Waals surface area contributed by atoms with E-state index in [2.05, 4.69) is 4.98 Å². The van der Waals surface area contributed by atoms with Crippen LogP contribution in [0.15, 0.2) is 36.5 Å². The van der Waals surface area contributed by atoms with Crippen LogP contribution in [0.5, 0.6) is 0 Å². The number of nitrogens with zero attached hydrogens (tertiary/aromatic N) is 2. The highest BCUT2D eigenvalue weighted by atomic mass is 16.3. The predicted octanol–water partition coefficient (Wildman–Crippen LogP) is 0.680. The quantitative estimate of drug-likeness (QED) is 0.778. The number of hydrogen-bond donors (Lipinski definition) is 2. The van der Waals surface area contributed by atoms with Crippen LogP contribution in [0.1, 0.15) is 11.9 Å². The van der Waals surface area contributed by atoms with Gasteiger partial charge in [-0.1, -0.05) is 30.3 Å². The average molecular weight is 246 g/mol. The molecule has 1 aromatic carbocycles. The summed E-state index contributed by atoms with van der Waals surface area (Å²) in [7, 11) is 1.70. The highest BCUT2D eigenvalue weighted by molar-refractivity contribution is 5.59. The standard InChI is InChI=1S/C13H14N2O3/c1-15-7-10(9-5-3-2-4-6-9)14-13(15)12(18)11(17)8-16/h2-8,11-12,17-18H,1H3/t11-,12+/m0/s1. The summed E-state index contributed by atoms with van der Waals surface area (Å²) in [5, 5.41) is 19.1. The molecule has 0 saturated carbocycles. The number of carbonyl (C=O) groups is 1. The molecule has 1 heterocycles. The number of aliphatic hydroxyl groups is 2. The Morgan fingerprint density at radius 2 is 1.94 bits per heavy atom. The molecule has 18 heavy (non-hydrogen) atoms. The first-order chi connectivity index (χ1) is 8.63. The molecule has 0 fully saturated rings. The summed E-state index contributed by atoms with van der Waals surface area (Å²) in [5.74, 6) is 0.258. The number of aldehydes is 1. The van der Waals surface area contributed by atoms with Gasteiger partial charge in [0.2, 0.25) is 0 Å². The molecule has 0 amide bonds. The molecule has 94 valence electrons. The molecule has 0 unspecified atom stereocenters. The van der Waals surface area contributed by atoms with Crippen LogP contribution in [0.2, 0.25) is 0 Å². The van der Waals surface area contributed by atoms with Crippen LogP contribution in [0.3, 0.4) is 0 Å². The summed E-state index contributed by atoms with van der Waals surface area (Å²) < 4.78 is 1.60. The monoisotopic (exact) mass is 246 g/mol. The Morgan fingerprint density at radius 1 is 1.28 bits per heavy atom. The first kappa shape index (κ1) is 12.5. The molecular formula is C13H14N2O3. The number of aliphatic hydroxyl groups excluding tert-OH is 2. The molecule has 0 bridgehead atoms. The van der Waals surface area contributed by atoms with E-state index in [4.69, 9.17) is 0 Å². The Kier molecular flexibility index (Phi) is 3.55. The minimum atomic E-state index is -1.46. The second kappa shape index (κ2) is 5.12. The Hall–Kier alpha value is -1.98. The largest absolute Gasteiger partial charge is 0.382 e. The van der Waals surface area contributed by atoms with Crippen molar-refractivity contribution in [1.82, 2.24) is 9.55 Å². The van der Waals surface area contributed by atoms with Crippen LogP contribution in [-0.2, 0) is 11.8 Å². The highest BCUT2D eigenvalue weighted by Gasteiger charge is 2.22. The van der Waals surface area contributed by atoms with Gasteiger partial charge in [0.25, 0.3) is 0 Å². The third kappa shape index (κ3) is 2.32. The van der Waals surface area contributed by atoms with E-state index < -0.39 is 12.2 Å². The SMILES string of the molecule is Cn1cc(-c2ccccc2)nc1[C@H](O)[C@@H](O)C=O. The van der Waals surface area contributed by atoms with Gasteiger partial charge in [0, 0.05) is 18.8 Å². The second-order valence-electron chi connectivity index (χ2n) is 4.03. The van der Waals surface area contributed by atoms with Gasteiger partial charge in [0.05, 0.1) is 5.69 Å². The number of carbonyl (C=O) groups excluding carboxylic acids is 1. The van der Waals surface area contributed by atoms with Gasteiger partial charge in [-0.25, -0.2) is 4.98 Å². The zero-order chi connectivity index (χ0) is 13.1. The van der Waals surface area contributed by atoms with E-state index in [1.54, 1.807) is 17.8 Å². The maximum atomic E-state index is 10.5. The maximum absolute atomic E-state index is 10.5. The van der Waals surface area contributed by atoms with Crippen LogP contribution in [0.4, 0.5) is 0 Å². The highest BCUT2D eigenvalue weighted by Crippen LogP contribution is 2.21. The predicted molar refractivity (Wildman–Crippen MR) is 65.7 cm³/mol. The summed E-state index contributed by atoms with van der Waals surface area (Å²) >= 11 is 0. The number of hydrogen-bond acceptors (Lipinski definition) is 4. The van der Waals surface area contributed by atoms with Crippen LogP contribution in [0.25, 0.3) is 11.3 Å². The van der Waals surface area contributed by atoms with Crippen molar-refractivity contribution in [2.24, 2.45) is 7.05 Å². The van der Waals surface area contributed by atoms with Crippen molar-refractivity contribution < 1.29 is 15.0 Å². The lowest BCUT2D eigenvalue weighted by molar-refractivity contribution is -0.120. The molecule has 5 nitrogen and oxygen atoms in total. The molecule has 0 saturated heterocycles. The summed E-state index contributed by atoms with van der Waals surface area (Å²) in [5.41, 5.74) is 1.59. The molecule has 0 aliphatic carbocycles. The van der Waals surface area contributed by atoms with E-state index in [0.29, 0.717) is 12.0 Å². The van der Waals surface area contributed by atoms with E-state index >= 15 is 0 Å². The number of aromatic nitrogens is 2. The second-order valence-corrected chi connectivity index (χ2v) is 4.03. The minimum absolute atomic E-state index is 0.258. The molecule has 1 aromatic heterocycles. The van der Waals surface area contributed by atoms with Gasteiger partial charge in [-0.2, -0.15) is 0 Å². The van der Waals surface area contributed by atoms with Gasteiger partial charge < -0.3 is 19.6 Å². The molecule has 2 aromatic rings. The Bertz CT molecular complexity index is 536. The topological polar surface area (TPSA) is 75.3 Å². The number of aryl methyl sites for hydroxylation is 1. The molecule has 0 spiro atoms. The lowest BCUT2D eigenvalue weighted by Gasteiger charge is -2.11. The van der Waals surface area contributed by atoms with Crippen molar-refractivity contribution in [3.05, 3.63) is 42.4 Å². The third-order valence-corrected chi connectivity index (χ3v) is 2.71. The lowest BCUT2D eigenvalue weighted by atomic mass is 10.2. The van der Waals surface area contributed by atoms with Crippen molar-refractivity contribution in [3.8, 4) is 11.3 Å². The lowest BCUT2D eigenvalue weighted by Crippen LogP contribution is -2.22. The number of rotatable bonds is 4. The smallest absolute Gasteiger partial charge is 0.151 e. The molecule has 0 aliphatic heterocycles. The van der Waals surface area contributed by atoms with Crippen molar-refractivity contribution in [2.45, 2.75) is 12.2 Å². The summed E-state index contributed by atoms with van der Waals surface area (Å²) in [6.07, 6.45) is -0.743. The molecule has 0 aliphatic rings. The van der Waals surface area contributed by atoms with Crippen LogP contribution in [-0.4, -0.2) is 32.2 Å². The Balaban J connectivity index is 2.36. The van der Waals surface area contributed by atoms with Crippen molar-refractivity contribution in [3.63, 3.8) is 0 Å². The molecule has 2 rings (SSSR count). The fraction of sp³-hybridized carbons (Fsp3) is 0.231. The minimum Gasteiger partial charge on any atom is -0.382 e.